The summed E-state index contributed by atoms with van der Waals surface area (Å²) in [6.45, 7) is 0. The maximum atomic E-state index is 5.61. The van der Waals surface area contributed by atoms with Crippen LogP contribution in [0.25, 0.3) is 0 Å². The van der Waals surface area contributed by atoms with Crippen LogP contribution >= 0.6 is 34.8 Å². The fourth-order valence-corrected chi connectivity index (χ4v) is 1.25. The van der Waals surface area contributed by atoms with Crippen molar-refractivity contribution in [1.29, 1.82) is 0 Å². The molecule has 0 saturated carbocycles. The Bertz CT molecular complexity index is 360. The highest BCUT2D eigenvalue weighted by Gasteiger charge is 1.98. The first-order valence-corrected chi connectivity index (χ1v) is 5.14. The lowest BCUT2D eigenvalue weighted by Crippen LogP contribution is -1.67. The molecule has 0 aliphatic rings. The normalized spacial score (nSPS) is 9.00. The summed E-state index contributed by atoms with van der Waals surface area (Å²) in [5.74, 6) is 0. The fraction of sp³-hybridized carbons (Fsp3) is 0. The zero-order valence-electron chi connectivity index (χ0n) is 7.57. The van der Waals surface area contributed by atoms with Gasteiger partial charge >= 0.3 is 0 Å². The van der Waals surface area contributed by atoms with Crippen LogP contribution in [0.5, 0.6) is 0 Å². The van der Waals surface area contributed by atoms with Crippen LogP contribution < -0.4 is 0 Å². The molecule has 0 atom stereocenters. The van der Waals surface area contributed by atoms with Crippen LogP contribution in [0, 0.1) is 0 Å². The van der Waals surface area contributed by atoms with Crippen molar-refractivity contribution in [3.63, 3.8) is 0 Å². The molecule has 2 rings (SSSR count). The Kier molecular flexibility index (Phi) is 5.40. The minimum atomic E-state index is 0.417. The SMILES string of the molecule is Clc1cccc(Cl)c1Cl.c1cncnc1. The molecule has 0 aliphatic heterocycles. The molecule has 0 unspecified atom stereocenters. The van der Waals surface area contributed by atoms with Crippen molar-refractivity contribution in [2.75, 3.05) is 0 Å². The van der Waals surface area contributed by atoms with Gasteiger partial charge in [0, 0.05) is 12.4 Å². The molecule has 0 N–H and O–H groups in total. The van der Waals surface area contributed by atoms with E-state index in [0.29, 0.717) is 15.1 Å². The monoisotopic (exact) mass is 260 g/mol. The third kappa shape index (κ3) is 4.47. The van der Waals surface area contributed by atoms with Gasteiger partial charge in [0.2, 0.25) is 0 Å². The van der Waals surface area contributed by atoms with Crippen LogP contribution in [0.2, 0.25) is 15.1 Å². The van der Waals surface area contributed by atoms with Crippen molar-refractivity contribution in [2.24, 2.45) is 0 Å². The Morgan fingerprint density at radius 1 is 0.800 bits per heavy atom. The molecule has 2 aromatic rings. The molecule has 0 saturated heterocycles. The number of rotatable bonds is 0. The molecule has 1 aromatic heterocycles. The molecular formula is C10H7Cl3N2. The molecule has 1 aromatic carbocycles. The van der Waals surface area contributed by atoms with Gasteiger partial charge in [-0.1, -0.05) is 40.9 Å². The fourth-order valence-electron chi connectivity index (χ4n) is 0.731. The third-order valence-electron chi connectivity index (χ3n) is 1.38. The van der Waals surface area contributed by atoms with Gasteiger partial charge in [0.15, 0.2) is 0 Å². The molecule has 5 heteroatoms. The average molecular weight is 262 g/mol. The maximum absolute atomic E-state index is 5.61. The molecule has 0 aliphatic carbocycles. The van der Waals surface area contributed by atoms with E-state index >= 15 is 0 Å². The molecule has 1 heterocycles. The van der Waals surface area contributed by atoms with E-state index in [1.165, 1.54) is 6.33 Å². The first kappa shape index (κ1) is 12.2. The Labute approximate surface area is 103 Å². The van der Waals surface area contributed by atoms with E-state index in [9.17, 15) is 0 Å². The molecule has 78 valence electrons. The number of hydrogen-bond acceptors (Lipinski definition) is 2. The van der Waals surface area contributed by atoms with Crippen LogP contribution in [-0.2, 0) is 0 Å². The smallest absolute Gasteiger partial charge is 0.115 e. The average Bonchev–Trinajstić information content (AvgIpc) is 2.29. The Balaban J connectivity index is 0.000000162. The summed E-state index contributed by atoms with van der Waals surface area (Å²) in [6, 6.07) is 6.90. The van der Waals surface area contributed by atoms with Gasteiger partial charge in [-0.15, -0.1) is 0 Å². The molecule has 0 radical (unpaired) electrons. The van der Waals surface area contributed by atoms with Gasteiger partial charge in [0.05, 0.1) is 15.1 Å². The maximum Gasteiger partial charge on any atom is 0.115 e. The quantitative estimate of drug-likeness (QED) is 0.667. The second-order valence-corrected chi connectivity index (χ2v) is 3.63. The molecule has 0 spiro atoms. The van der Waals surface area contributed by atoms with E-state index < -0.39 is 0 Å². The summed E-state index contributed by atoms with van der Waals surface area (Å²) in [5, 5.41) is 1.40. The van der Waals surface area contributed by atoms with E-state index in [2.05, 4.69) is 9.97 Å². The van der Waals surface area contributed by atoms with Crippen LogP contribution in [0.3, 0.4) is 0 Å². The Morgan fingerprint density at radius 3 is 1.60 bits per heavy atom. The summed E-state index contributed by atoms with van der Waals surface area (Å²) in [7, 11) is 0. The van der Waals surface area contributed by atoms with E-state index in [-0.39, 0.29) is 0 Å². The topological polar surface area (TPSA) is 25.8 Å². The largest absolute Gasteiger partial charge is 0.245 e. The van der Waals surface area contributed by atoms with Crippen LogP contribution in [-0.4, -0.2) is 9.97 Å². The van der Waals surface area contributed by atoms with Gasteiger partial charge in [-0.05, 0) is 18.2 Å². The van der Waals surface area contributed by atoms with Gasteiger partial charge in [0.25, 0.3) is 0 Å². The second-order valence-electron chi connectivity index (χ2n) is 2.44. The number of nitrogens with zero attached hydrogens (tertiary/aromatic N) is 2. The summed E-state index contributed by atoms with van der Waals surface area (Å²) < 4.78 is 0. The van der Waals surface area contributed by atoms with E-state index in [1.807, 2.05) is 0 Å². The van der Waals surface area contributed by atoms with Gasteiger partial charge in [0.1, 0.15) is 6.33 Å². The first-order chi connectivity index (χ1) is 7.22. The third-order valence-corrected chi connectivity index (χ3v) is 2.61. The van der Waals surface area contributed by atoms with Gasteiger partial charge in [-0.3, -0.25) is 0 Å². The first-order valence-electron chi connectivity index (χ1n) is 4.01. The number of aromatic nitrogens is 2. The van der Waals surface area contributed by atoms with Crippen molar-refractivity contribution in [3.8, 4) is 0 Å². The van der Waals surface area contributed by atoms with Crippen LogP contribution in [0.15, 0.2) is 43.0 Å². The Morgan fingerprint density at radius 2 is 1.33 bits per heavy atom. The highest BCUT2D eigenvalue weighted by Crippen LogP contribution is 2.28. The van der Waals surface area contributed by atoms with Crippen molar-refractivity contribution >= 4 is 34.8 Å². The predicted octanol–water partition coefficient (Wildman–Crippen LogP) is 4.12. The van der Waals surface area contributed by atoms with Crippen LogP contribution in [0.4, 0.5) is 0 Å². The van der Waals surface area contributed by atoms with Gasteiger partial charge in [-0.25, -0.2) is 9.97 Å². The molecule has 15 heavy (non-hydrogen) atoms. The molecule has 2 nitrogen and oxygen atoms in total. The van der Waals surface area contributed by atoms with Crippen LogP contribution in [0.1, 0.15) is 0 Å². The summed E-state index contributed by atoms with van der Waals surface area (Å²) in [4.78, 5) is 7.35. The second kappa shape index (κ2) is 6.62. The summed E-state index contributed by atoms with van der Waals surface area (Å²) in [5.41, 5.74) is 0. The molecule has 0 fully saturated rings. The van der Waals surface area contributed by atoms with E-state index in [0.717, 1.165) is 0 Å². The lowest BCUT2D eigenvalue weighted by Gasteiger charge is -1.94. The van der Waals surface area contributed by atoms with Gasteiger partial charge in [-0.2, -0.15) is 0 Å². The molecule has 0 bridgehead atoms. The zero-order chi connectivity index (χ0) is 11.1. The molecular weight excluding hydrogens is 254 g/mol. The lowest BCUT2D eigenvalue weighted by atomic mass is 10.4. The van der Waals surface area contributed by atoms with E-state index in [1.54, 1.807) is 36.7 Å². The lowest BCUT2D eigenvalue weighted by molar-refractivity contribution is 1.17. The van der Waals surface area contributed by atoms with Crippen molar-refractivity contribution < 1.29 is 0 Å². The highest BCUT2D eigenvalue weighted by atomic mass is 35.5. The number of halogens is 3. The number of benzene rings is 1. The standard InChI is InChI=1S/C6H3Cl3.C4H4N2/c7-4-2-1-3-5(8)6(4)9;1-2-5-4-6-3-1/h1-3H;1-4H. The minimum absolute atomic E-state index is 0.417. The predicted molar refractivity (Wildman–Crippen MR) is 63.5 cm³/mol. The van der Waals surface area contributed by atoms with E-state index in [4.69, 9.17) is 34.8 Å². The highest BCUT2D eigenvalue weighted by molar-refractivity contribution is 6.47. The molecule has 0 amide bonds. The van der Waals surface area contributed by atoms with Crippen molar-refractivity contribution in [2.45, 2.75) is 0 Å². The minimum Gasteiger partial charge on any atom is -0.245 e. The van der Waals surface area contributed by atoms with Gasteiger partial charge < -0.3 is 0 Å². The summed E-state index contributed by atoms with van der Waals surface area (Å²) >= 11 is 16.8. The zero-order valence-corrected chi connectivity index (χ0v) is 9.84. The Hall–Kier alpha value is -0.830. The van der Waals surface area contributed by atoms with Crippen molar-refractivity contribution in [1.82, 2.24) is 9.97 Å². The summed E-state index contributed by atoms with van der Waals surface area (Å²) in [6.07, 6.45) is 4.88. The van der Waals surface area contributed by atoms with Crippen molar-refractivity contribution in [3.05, 3.63) is 58.1 Å². The number of hydrogen-bond donors (Lipinski definition) is 0.